The first-order valence-electron chi connectivity index (χ1n) is 11.0. The molecule has 5 nitrogen and oxygen atoms in total. The number of benzene rings is 2. The number of hydrogen-bond donors (Lipinski definition) is 0. The molecule has 0 spiro atoms. The predicted molar refractivity (Wildman–Crippen MR) is 122 cm³/mol. The van der Waals surface area contributed by atoms with Gasteiger partial charge in [-0.15, -0.1) is 0 Å². The van der Waals surface area contributed by atoms with Crippen LogP contribution in [-0.4, -0.2) is 45.8 Å². The van der Waals surface area contributed by atoms with E-state index >= 15 is 0 Å². The van der Waals surface area contributed by atoms with E-state index < -0.39 is 0 Å². The molecule has 0 saturated carbocycles. The number of nitrogens with zero attached hydrogens (tertiary/aromatic N) is 3. The van der Waals surface area contributed by atoms with Crippen LogP contribution in [0.2, 0.25) is 0 Å². The van der Waals surface area contributed by atoms with Gasteiger partial charge in [-0.05, 0) is 55.3 Å². The van der Waals surface area contributed by atoms with Gasteiger partial charge in [-0.2, -0.15) is 0 Å². The number of aryl methyl sites for hydroxylation is 1. The quantitative estimate of drug-likeness (QED) is 0.578. The zero-order valence-electron chi connectivity index (χ0n) is 18.5. The highest BCUT2D eigenvalue weighted by atomic mass is 19.1. The standard InChI is InChI=1S/C26H28FN3O2/c1-3-13-29(26(32)20-11-9-19(2)10-12-20)18-24(31)30-16-15-28-14-5-8-23(28)25(30)21-6-4-7-22(27)17-21/h4-12,14,17,25H,3,13,15-16,18H2,1-2H3. The van der Waals surface area contributed by atoms with E-state index in [0.717, 1.165) is 23.2 Å². The molecule has 0 saturated heterocycles. The number of carbonyl (C=O) groups is 2. The van der Waals surface area contributed by atoms with Gasteiger partial charge >= 0.3 is 0 Å². The van der Waals surface area contributed by atoms with Gasteiger partial charge in [-0.3, -0.25) is 9.59 Å². The van der Waals surface area contributed by atoms with Crippen LogP contribution in [0.4, 0.5) is 4.39 Å². The summed E-state index contributed by atoms with van der Waals surface area (Å²) in [5.74, 6) is -0.621. The van der Waals surface area contributed by atoms with Crippen molar-refractivity contribution in [1.82, 2.24) is 14.4 Å². The van der Waals surface area contributed by atoms with Gasteiger partial charge in [0.25, 0.3) is 5.91 Å². The van der Waals surface area contributed by atoms with Gasteiger partial charge in [0.15, 0.2) is 0 Å². The van der Waals surface area contributed by atoms with Crippen molar-refractivity contribution in [2.75, 3.05) is 19.6 Å². The Bertz CT molecular complexity index is 1110. The van der Waals surface area contributed by atoms with Gasteiger partial charge in [-0.1, -0.05) is 36.8 Å². The lowest BCUT2D eigenvalue weighted by Gasteiger charge is -2.38. The van der Waals surface area contributed by atoms with Crippen LogP contribution in [-0.2, 0) is 11.3 Å². The fraction of sp³-hybridized carbons (Fsp3) is 0.308. The van der Waals surface area contributed by atoms with Crippen molar-refractivity contribution in [2.24, 2.45) is 0 Å². The minimum atomic E-state index is -0.389. The number of halogens is 1. The molecule has 2 aromatic carbocycles. The van der Waals surface area contributed by atoms with Crippen molar-refractivity contribution < 1.29 is 14.0 Å². The van der Waals surface area contributed by atoms with Crippen LogP contribution in [0.5, 0.6) is 0 Å². The topological polar surface area (TPSA) is 45.6 Å². The Morgan fingerprint density at radius 2 is 1.84 bits per heavy atom. The molecule has 166 valence electrons. The molecule has 2 amide bonds. The molecule has 1 aliphatic heterocycles. The molecule has 0 aliphatic carbocycles. The Kier molecular flexibility index (Phi) is 6.40. The van der Waals surface area contributed by atoms with Crippen LogP contribution in [0.25, 0.3) is 0 Å². The molecule has 0 fully saturated rings. The maximum Gasteiger partial charge on any atom is 0.254 e. The molecule has 1 atom stereocenters. The second kappa shape index (κ2) is 9.39. The summed E-state index contributed by atoms with van der Waals surface area (Å²) in [7, 11) is 0. The zero-order chi connectivity index (χ0) is 22.7. The Hall–Kier alpha value is -3.41. The smallest absolute Gasteiger partial charge is 0.254 e. The Labute approximate surface area is 188 Å². The Balaban J connectivity index is 1.61. The molecule has 2 heterocycles. The lowest BCUT2D eigenvalue weighted by molar-refractivity contribution is -0.134. The van der Waals surface area contributed by atoms with Crippen molar-refractivity contribution in [3.63, 3.8) is 0 Å². The molecule has 4 rings (SSSR count). The summed E-state index contributed by atoms with van der Waals surface area (Å²) < 4.78 is 16.1. The number of rotatable bonds is 6. The molecule has 0 radical (unpaired) electrons. The van der Waals surface area contributed by atoms with Gasteiger partial charge in [0.1, 0.15) is 12.4 Å². The van der Waals surface area contributed by atoms with E-state index in [0.29, 0.717) is 25.2 Å². The van der Waals surface area contributed by atoms with E-state index in [1.54, 1.807) is 28.0 Å². The highest BCUT2D eigenvalue weighted by Crippen LogP contribution is 2.33. The van der Waals surface area contributed by atoms with Crippen LogP contribution in [0.1, 0.15) is 46.6 Å². The maximum atomic E-state index is 14.0. The molecule has 6 heteroatoms. The summed E-state index contributed by atoms with van der Waals surface area (Å²) in [4.78, 5) is 30.0. The molecule has 1 aliphatic rings. The lowest BCUT2D eigenvalue weighted by Crippen LogP contribution is -2.48. The molecule has 0 N–H and O–H groups in total. The number of hydrogen-bond acceptors (Lipinski definition) is 2. The molecule has 32 heavy (non-hydrogen) atoms. The van der Waals surface area contributed by atoms with Crippen LogP contribution in [0.15, 0.2) is 66.9 Å². The Morgan fingerprint density at radius 3 is 2.56 bits per heavy atom. The van der Waals surface area contributed by atoms with Crippen molar-refractivity contribution in [2.45, 2.75) is 32.9 Å². The number of aromatic nitrogens is 1. The highest BCUT2D eigenvalue weighted by molar-refractivity contribution is 5.96. The molecular formula is C26H28FN3O2. The molecule has 1 unspecified atom stereocenters. The SMILES string of the molecule is CCCN(CC(=O)N1CCn2cccc2C1c1cccc(F)c1)C(=O)c1ccc(C)cc1. The number of amides is 2. The molecule has 3 aromatic rings. The summed E-state index contributed by atoms with van der Waals surface area (Å²) in [5.41, 5.74) is 3.33. The molecular weight excluding hydrogens is 405 g/mol. The molecule has 0 bridgehead atoms. The molecule has 1 aromatic heterocycles. The lowest BCUT2D eigenvalue weighted by atomic mass is 9.99. The van der Waals surface area contributed by atoms with E-state index in [2.05, 4.69) is 4.57 Å². The first-order valence-corrected chi connectivity index (χ1v) is 11.0. The van der Waals surface area contributed by atoms with Crippen LogP contribution in [0, 0.1) is 12.7 Å². The van der Waals surface area contributed by atoms with Gasteiger partial charge < -0.3 is 14.4 Å². The number of carbonyl (C=O) groups excluding carboxylic acids is 2. The second-order valence-electron chi connectivity index (χ2n) is 8.26. The van der Waals surface area contributed by atoms with Gasteiger partial charge in [0, 0.05) is 37.1 Å². The largest absolute Gasteiger partial charge is 0.348 e. The van der Waals surface area contributed by atoms with Crippen LogP contribution >= 0.6 is 0 Å². The number of fused-ring (bicyclic) bond motifs is 1. The van der Waals surface area contributed by atoms with E-state index in [4.69, 9.17) is 0 Å². The van der Waals surface area contributed by atoms with Crippen molar-refractivity contribution in [3.05, 3.63) is 95.1 Å². The van der Waals surface area contributed by atoms with Crippen molar-refractivity contribution in [3.8, 4) is 0 Å². The zero-order valence-corrected chi connectivity index (χ0v) is 18.5. The van der Waals surface area contributed by atoms with E-state index in [1.165, 1.54) is 12.1 Å². The Morgan fingerprint density at radius 1 is 1.06 bits per heavy atom. The third-order valence-electron chi connectivity index (χ3n) is 5.93. The highest BCUT2D eigenvalue weighted by Gasteiger charge is 2.33. The first-order chi connectivity index (χ1) is 15.5. The summed E-state index contributed by atoms with van der Waals surface area (Å²) >= 11 is 0. The third-order valence-corrected chi connectivity index (χ3v) is 5.93. The van der Waals surface area contributed by atoms with Crippen LogP contribution < -0.4 is 0 Å². The minimum Gasteiger partial charge on any atom is -0.348 e. The second-order valence-corrected chi connectivity index (χ2v) is 8.26. The average molecular weight is 434 g/mol. The third kappa shape index (κ3) is 4.44. The maximum absolute atomic E-state index is 14.0. The van der Waals surface area contributed by atoms with Crippen molar-refractivity contribution in [1.29, 1.82) is 0 Å². The van der Waals surface area contributed by atoms with Gasteiger partial charge in [-0.25, -0.2) is 4.39 Å². The van der Waals surface area contributed by atoms with E-state index in [9.17, 15) is 14.0 Å². The van der Waals surface area contributed by atoms with E-state index in [-0.39, 0.29) is 30.2 Å². The average Bonchev–Trinajstić information content (AvgIpc) is 3.27. The van der Waals surface area contributed by atoms with Gasteiger partial charge in [0.05, 0.1) is 6.04 Å². The fourth-order valence-electron chi connectivity index (χ4n) is 4.33. The predicted octanol–water partition coefficient (Wildman–Crippen LogP) is 4.42. The summed E-state index contributed by atoms with van der Waals surface area (Å²) in [5, 5.41) is 0. The minimum absolute atomic E-state index is 0.00687. The summed E-state index contributed by atoms with van der Waals surface area (Å²) in [6, 6.07) is 17.3. The summed E-state index contributed by atoms with van der Waals surface area (Å²) in [6.45, 7) is 5.61. The van der Waals surface area contributed by atoms with Crippen LogP contribution in [0.3, 0.4) is 0 Å². The first kappa shape index (κ1) is 21.8. The van der Waals surface area contributed by atoms with Gasteiger partial charge in [0.2, 0.25) is 5.91 Å². The van der Waals surface area contributed by atoms with E-state index in [1.807, 2.05) is 50.4 Å². The fourth-order valence-corrected chi connectivity index (χ4v) is 4.33. The van der Waals surface area contributed by atoms with Crippen molar-refractivity contribution >= 4 is 11.8 Å². The monoisotopic (exact) mass is 433 g/mol. The summed E-state index contributed by atoms with van der Waals surface area (Å²) in [6.07, 6.45) is 2.73. The normalized spacial score (nSPS) is 15.3.